The lowest BCUT2D eigenvalue weighted by molar-refractivity contribution is 0.473. The monoisotopic (exact) mass is 392 g/mol. The molecule has 0 bridgehead atoms. The highest BCUT2D eigenvalue weighted by atomic mass is 32.2. The Kier molecular flexibility index (Phi) is 5.76. The summed E-state index contributed by atoms with van der Waals surface area (Å²) in [7, 11) is 0. The zero-order valence-electron chi connectivity index (χ0n) is 16.2. The molecule has 0 saturated heterocycles. The number of fused-ring (bicyclic) bond motifs is 1. The second kappa shape index (κ2) is 8.61. The van der Waals surface area contributed by atoms with Gasteiger partial charge >= 0.3 is 0 Å². The highest BCUT2D eigenvalue weighted by Gasteiger charge is 2.14. The van der Waals surface area contributed by atoms with Crippen LogP contribution in [0.4, 0.5) is 0 Å². The number of nitrogens with zero attached hydrogens (tertiary/aromatic N) is 4. The molecule has 2 aromatic carbocycles. The van der Waals surface area contributed by atoms with Gasteiger partial charge in [-0.25, -0.2) is 4.98 Å². The zero-order valence-corrected chi connectivity index (χ0v) is 17.0. The smallest absolute Gasteiger partial charge is 0.226 e. The molecule has 0 aliphatic heterocycles. The van der Waals surface area contributed by atoms with Crippen molar-refractivity contribution in [3.05, 3.63) is 71.9 Å². The van der Waals surface area contributed by atoms with Crippen LogP contribution in [0.5, 0.6) is 0 Å². The van der Waals surface area contributed by atoms with Crippen molar-refractivity contribution in [2.75, 3.05) is 0 Å². The quantitative estimate of drug-likeness (QED) is 0.378. The molecule has 144 valence electrons. The van der Waals surface area contributed by atoms with E-state index in [1.54, 1.807) is 11.8 Å². The summed E-state index contributed by atoms with van der Waals surface area (Å²) in [6.07, 6.45) is 1.78. The van der Waals surface area contributed by atoms with Crippen LogP contribution in [0.25, 0.3) is 11.0 Å². The summed E-state index contributed by atoms with van der Waals surface area (Å²) >= 11 is 1.65. The molecule has 0 atom stereocenters. The highest BCUT2D eigenvalue weighted by molar-refractivity contribution is 7.98. The molecule has 2 aromatic heterocycles. The predicted octanol–water partition coefficient (Wildman–Crippen LogP) is 5.35. The Balaban J connectivity index is 1.47. The Hall–Kier alpha value is -2.60. The van der Waals surface area contributed by atoms with Gasteiger partial charge in [-0.3, -0.25) is 0 Å². The first-order valence-corrected chi connectivity index (χ1v) is 10.6. The van der Waals surface area contributed by atoms with Crippen molar-refractivity contribution in [2.24, 2.45) is 5.92 Å². The van der Waals surface area contributed by atoms with Gasteiger partial charge in [-0.2, -0.15) is 0 Å². The molecule has 0 amide bonds. The summed E-state index contributed by atoms with van der Waals surface area (Å²) in [5, 5.41) is 9.41. The van der Waals surface area contributed by atoms with Crippen molar-refractivity contribution in [3.8, 4) is 0 Å². The summed E-state index contributed by atoms with van der Waals surface area (Å²) < 4.78 is 8.15. The van der Waals surface area contributed by atoms with Crippen LogP contribution in [-0.4, -0.2) is 19.7 Å². The van der Waals surface area contributed by atoms with Crippen LogP contribution in [-0.2, 0) is 18.7 Å². The summed E-state index contributed by atoms with van der Waals surface area (Å²) in [5.74, 6) is 2.55. The van der Waals surface area contributed by atoms with Crippen molar-refractivity contribution in [1.82, 2.24) is 19.7 Å². The molecule has 5 nitrogen and oxygen atoms in total. The average Bonchev–Trinajstić information content (AvgIpc) is 3.29. The third-order valence-corrected chi connectivity index (χ3v) is 5.54. The molecule has 6 heteroatoms. The number of thioether (sulfide) groups is 1. The number of imidazole rings is 1. The van der Waals surface area contributed by atoms with Crippen LogP contribution in [0.1, 0.15) is 37.6 Å². The molecule has 4 rings (SSSR count). The molecule has 0 radical (unpaired) electrons. The van der Waals surface area contributed by atoms with Crippen LogP contribution in [0.15, 0.2) is 64.2 Å². The summed E-state index contributed by atoms with van der Waals surface area (Å²) in [5.41, 5.74) is 3.38. The Morgan fingerprint density at radius 2 is 1.71 bits per heavy atom. The molecule has 0 N–H and O–H groups in total. The van der Waals surface area contributed by atoms with Gasteiger partial charge < -0.3 is 8.98 Å². The van der Waals surface area contributed by atoms with Gasteiger partial charge in [-0.1, -0.05) is 68.1 Å². The standard InChI is InChI=1S/C22H24N4OS/c1-16(2)12-13-26-19-11-7-6-10-18(19)23-22(26)28-15-21-25-24-20(27-21)14-17-8-4-3-5-9-17/h3-11,16H,12-15H2,1-2H3. The lowest BCUT2D eigenvalue weighted by Gasteiger charge is -2.10. The van der Waals surface area contributed by atoms with Crippen LogP contribution in [0, 0.1) is 5.92 Å². The Morgan fingerprint density at radius 1 is 0.964 bits per heavy atom. The van der Waals surface area contributed by atoms with E-state index in [1.807, 2.05) is 24.3 Å². The van der Waals surface area contributed by atoms with Crippen LogP contribution < -0.4 is 0 Å². The molecular formula is C22H24N4OS. The third kappa shape index (κ3) is 4.44. The van der Waals surface area contributed by atoms with Crippen LogP contribution in [0.3, 0.4) is 0 Å². The Bertz CT molecular complexity index is 1040. The van der Waals surface area contributed by atoms with Crippen LogP contribution >= 0.6 is 11.8 Å². The van der Waals surface area contributed by atoms with E-state index in [2.05, 4.69) is 58.9 Å². The van der Waals surface area contributed by atoms with Crippen LogP contribution in [0.2, 0.25) is 0 Å². The third-order valence-electron chi connectivity index (χ3n) is 4.58. The van der Waals surface area contributed by atoms with Gasteiger partial charge in [-0.15, -0.1) is 10.2 Å². The molecule has 0 unspecified atom stereocenters. The van der Waals surface area contributed by atoms with E-state index in [1.165, 1.54) is 11.1 Å². The van der Waals surface area contributed by atoms with Gasteiger partial charge in [0.1, 0.15) is 0 Å². The van der Waals surface area contributed by atoms with Gasteiger partial charge in [0, 0.05) is 6.54 Å². The fourth-order valence-corrected chi connectivity index (χ4v) is 3.96. The number of aromatic nitrogens is 4. The van der Waals surface area contributed by atoms with E-state index >= 15 is 0 Å². The predicted molar refractivity (Wildman–Crippen MR) is 112 cm³/mol. The maximum atomic E-state index is 5.84. The molecule has 4 aromatic rings. The second-order valence-electron chi connectivity index (χ2n) is 7.26. The van der Waals surface area contributed by atoms with Crippen molar-refractivity contribution < 1.29 is 4.42 Å². The zero-order chi connectivity index (χ0) is 19.3. The number of benzene rings is 2. The van der Waals surface area contributed by atoms with E-state index in [0.717, 1.165) is 23.6 Å². The lowest BCUT2D eigenvalue weighted by Crippen LogP contribution is -2.03. The van der Waals surface area contributed by atoms with Gasteiger partial charge in [-0.05, 0) is 30.0 Å². The number of para-hydroxylation sites is 2. The number of hydrogen-bond donors (Lipinski definition) is 0. The highest BCUT2D eigenvalue weighted by Crippen LogP contribution is 2.27. The first-order chi connectivity index (χ1) is 13.7. The molecular weight excluding hydrogens is 368 g/mol. The van der Waals surface area contributed by atoms with Crippen molar-refractivity contribution in [1.29, 1.82) is 0 Å². The van der Waals surface area contributed by atoms with Gasteiger partial charge in [0.05, 0.1) is 23.2 Å². The molecule has 0 spiro atoms. The lowest BCUT2D eigenvalue weighted by atomic mass is 10.1. The van der Waals surface area contributed by atoms with Gasteiger partial charge in [0.2, 0.25) is 11.8 Å². The molecule has 0 saturated carbocycles. The molecule has 0 aliphatic rings. The van der Waals surface area contributed by atoms with E-state index < -0.39 is 0 Å². The molecule has 2 heterocycles. The first kappa shape index (κ1) is 18.7. The van der Waals surface area contributed by atoms with Crippen molar-refractivity contribution in [2.45, 2.75) is 44.1 Å². The number of rotatable bonds is 8. The van der Waals surface area contributed by atoms with Crippen molar-refractivity contribution in [3.63, 3.8) is 0 Å². The maximum absolute atomic E-state index is 5.84. The van der Waals surface area contributed by atoms with E-state index in [9.17, 15) is 0 Å². The fourth-order valence-electron chi connectivity index (χ4n) is 3.08. The SMILES string of the molecule is CC(C)CCn1c(SCc2nnc(Cc3ccccc3)o2)nc2ccccc21. The minimum Gasteiger partial charge on any atom is -0.424 e. The minimum atomic E-state index is 0.618. The number of aryl methyl sites for hydroxylation is 1. The van der Waals surface area contributed by atoms with Crippen molar-refractivity contribution >= 4 is 22.8 Å². The fraction of sp³-hybridized carbons (Fsp3) is 0.318. The van der Waals surface area contributed by atoms with Gasteiger partial charge in [0.25, 0.3) is 0 Å². The molecule has 28 heavy (non-hydrogen) atoms. The first-order valence-electron chi connectivity index (χ1n) is 9.62. The van der Waals surface area contributed by atoms with E-state index in [0.29, 0.717) is 29.9 Å². The summed E-state index contributed by atoms with van der Waals surface area (Å²) in [4.78, 5) is 4.82. The summed E-state index contributed by atoms with van der Waals surface area (Å²) in [6.45, 7) is 5.46. The Morgan fingerprint density at radius 3 is 2.54 bits per heavy atom. The largest absolute Gasteiger partial charge is 0.424 e. The number of hydrogen-bond acceptors (Lipinski definition) is 5. The normalized spacial score (nSPS) is 11.5. The average molecular weight is 393 g/mol. The van der Waals surface area contributed by atoms with Gasteiger partial charge in [0.15, 0.2) is 5.16 Å². The molecule has 0 fully saturated rings. The van der Waals surface area contributed by atoms with E-state index in [4.69, 9.17) is 9.40 Å². The second-order valence-corrected chi connectivity index (χ2v) is 8.20. The Labute approximate surface area is 169 Å². The van der Waals surface area contributed by atoms with E-state index in [-0.39, 0.29) is 0 Å². The maximum Gasteiger partial charge on any atom is 0.226 e. The topological polar surface area (TPSA) is 56.7 Å². The minimum absolute atomic E-state index is 0.618. The molecule has 0 aliphatic carbocycles. The summed E-state index contributed by atoms with van der Waals surface area (Å²) in [6, 6.07) is 18.5.